The lowest BCUT2D eigenvalue weighted by molar-refractivity contribution is -0.135. The molecule has 0 spiro atoms. The van der Waals surface area contributed by atoms with Crippen LogP contribution in [-0.2, 0) is 14.4 Å². The van der Waals surface area contributed by atoms with Gasteiger partial charge in [0, 0.05) is 5.38 Å². The molecule has 0 aliphatic heterocycles. The van der Waals surface area contributed by atoms with E-state index in [1.54, 1.807) is 12.3 Å². The molecule has 0 radical (unpaired) electrons. The summed E-state index contributed by atoms with van der Waals surface area (Å²) < 4.78 is 4.79. The molecule has 0 atom stereocenters. The summed E-state index contributed by atoms with van der Waals surface area (Å²) in [6.45, 7) is 1.97. The second-order valence-electron chi connectivity index (χ2n) is 2.41. The lowest BCUT2D eigenvalue weighted by Crippen LogP contribution is -2.19. The summed E-state index contributed by atoms with van der Waals surface area (Å²) in [7, 11) is 1.34. The van der Waals surface area contributed by atoms with Crippen molar-refractivity contribution in [2.24, 2.45) is 5.16 Å². The largest absolute Gasteiger partial charge is 0.461 e. The van der Waals surface area contributed by atoms with Gasteiger partial charge in [0.25, 0.3) is 0 Å². The summed E-state index contributed by atoms with van der Waals surface area (Å²) in [5.41, 5.74) is 5.83. The Morgan fingerprint density at radius 1 is 1.73 bits per heavy atom. The number of carbonyl (C=O) groups excluding carboxylic acids is 1. The van der Waals surface area contributed by atoms with Crippen LogP contribution in [0.3, 0.4) is 0 Å². The number of oxime groups is 1. The maximum Gasteiger partial charge on any atom is 0.362 e. The molecule has 0 saturated carbocycles. The highest BCUT2D eigenvalue weighted by Crippen LogP contribution is 2.12. The van der Waals surface area contributed by atoms with E-state index in [0.717, 1.165) is 0 Å². The van der Waals surface area contributed by atoms with E-state index in [0.29, 0.717) is 10.8 Å². The predicted molar refractivity (Wildman–Crippen MR) is 56.7 cm³/mol. The van der Waals surface area contributed by atoms with Crippen molar-refractivity contribution in [1.29, 1.82) is 0 Å². The number of hydrogen-bond acceptors (Lipinski definition) is 7. The van der Waals surface area contributed by atoms with E-state index in [4.69, 9.17) is 10.5 Å². The van der Waals surface area contributed by atoms with Gasteiger partial charge in [-0.15, -0.1) is 11.3 Å². The van der Waals surface area contributed by atoms with Crippen molar-refractivity contribution < 1.29 is 14.4 Å². The standard InChI is InChI=1S/C8H11N3O3S/c1-3-14-7(12)6(11-13-2)5-4-15-8(9)10-5/h4H,3H2,1-2H3,(H2,9,10)/b11-6-. The second kappa shape index (κ2) is 5.30. The molecule has 0 fully saturated rings. The van der Waals surface area contributed by atoms with Crippen LogP contribution in [0.4, 0.5) is 5.13 Å². The van der Waals surface area contributed by atoms with Gasteiger partial charge in [0.1, 0.15) is 12.8 Å². The number of hydrogen-bond donors (Lipinski definition) is 1. The molecule has 1 rings (SSSR count). The highest BCUT2D eigenvalue weighted by Gasteiger charge is 2.19. The highest BCUT2D eigenvalue weighted by molar-refractivity contribution is 7.13. The number of nitrogens with two attached hydrogens (primary N) is 1. The third-order valence-corrected chi connectivity index (χ3v) is 2.09. The Labute approximate surface area is 90.7 Å². The SMILES string of the molecule is CCOC(=O)/C(=N\OC)c1csc(N)n1. The first-order valence-corrected chi connectivity index (χ1v) is 5.06. The number of thiazole rings is 1. The average Bonchev–Trinajstić information content (AvgIpc) is 2.61. The van der Waals surface area contributed by atoms with E-state index in [2.05, 4.69) is 15.0 Å². The van der Waals surface area contributed by atoms with E-state index >= 15 is 0 Å². The van der Waals surface area contributed by atoms with Crippen LogP contribution < -0.4 is 5.73 Å². The predicted octanol–water partition coefficient (Wildman–Crippen LogP) is 0.639. The van der Waals surface area contributed by atoms with Crippen LogP contribution in [0.15, 0.2) is 10.5 Å². The Hall–Kier alpha value is -1.63. The minimum atomic E-state index is -0.579. The molecule has 0 aromatic carbocycles. The van der Waals surface area contributed by atoms with Crippen LogP contribution in [0.1, 0.15) is 12.6 Å². The molecule has 7 heteroatoms. The van der Waals surface area contributed by atoms with Gasteiger partial charge in [-0.25, -0.2) is 9.78 Å². The van der Waals surface area contributed by atoms with E-state index < -0.39 is 5.97 Å². The number of aromatic nitrogens is 1. The van der Waals surface area contributed by atoms with Crippen molar-refractivity contribution in [3.05, 3.63) is 11.1 Å². The number of carbonyl (C=O) groups is 1. The molecular formula is C8H11N3O3S. The number of ether oxygens (including phenoxy) is 1. The molecule has 15 heavy (non-hydrogen) atoms. The molecular weight excluding hydrogens is 218 g/mol. The van der Waals surface area contributed by atoms with Gasteiger partial charge in [-0.1, -0.05) is 5.16 Å². The summed E-state index contributed by atoms with van der Waals surface area (Å²) in [6, 6.07) is 0. The zero-order chi connectivity index (χ0) is 11.3. The van der Waals surface area contributed by atoms with Gasteiger partial charge in [0.15, 0.2) is 5.13 Å². The number of nitrogen functional groups attached to an aromatic ring is 1. The smallest absolute Gasteiger partial charge is 0.362 e. The molecule has 1 aromatic rings. The summed E-state index contributed by atoms with van der Waals surface area (Å²) >= 11 is 1.22. The number of esters is 1. The molecule has 1 aromatic heterocycles. The van der Waals surface area contributed by atoms with Crippen LogP contribution in [0, 0.1) is 0 Å². The van der Waals surface area contributed by atoms with Gasteiger partial charge in [0.05, 0.1) is 6.61 Å². The van der Waals surface area contributed by atoms with E-state index in [-0.39, 0.29) is 12.3 Å². The number of rotatable bonds is 4. The minimum Gasteiger partial charge on any atom is -0.461 e. The van der Waals surface area contributed by atoms with Gasteiger partial charge in [-0.3, -0.25) is 0 Å². The Balaban J connectivity index is 2.93. The first-order valence-electron chi connectivity index (χ1n) is 4.18. The fourth-order valence-corrected chi connectivity index (χ4v) is 1.42. The third kappa shape index (κ3) is 2.91. The summed E-state index contributed by atoms with van der Waals surface area (Å²) in [5.74, 6) is -0.579. The molecule has 0 saturated heterocycles. The molecule has 0 aliphatic rings. The Bertz CT molecular complexity index is 375. The van der Waals surface area contributed by atoms with Crippen LogP contribution in [-0.4, -0.2) is 30.4 Å². The first kappa shape index (κ1) is 11.4. The van der Waals surface area contributed by atoms with Crippen molar-refractivity contribution >= 4 is 28.1 Å². The van der Waals surface area contributed by atoms with Crippen LogP contribution >= 0.6 is 11.3 Å². The maximum absolute atomic E-state index is 11.4. The highest BCUT2D eigenvalue weighted by atomic mass is 32.1. The maximum atomic E-state index is 11.4. The van der Waals surface area contributed by atoms with Gasteiger partial charge < -0.3 is 15.3 Å². The number of anilines is 1. The molecule has 0 amide bonds. The Morgan fingerprint density at radius 3 is 2.93 bits per heavy atom. The molecule has 1 heterocycles. The monoisotopic (exact) mass is 229 g/mol. The van der Waals surface area contributed by atoms with E-state index in [1.807, 2.05) is 0 Å². The molecule has 0 aliphatic carbocycles. The zero-order valence-corrected chi connectivity index (χ0v) is 9.21. The van der Waals surface area contributed by atoms with Gasteiger partial charge >= 0.3 is 5.97 Å². The van der Waals surface area contributed by atoms with Crippen LogP contribution in [0.5, 0.6) is 0 Å². The first-order chi connectivity index (χ1) is 7.19. The minimum absolute atomic E-state index is 0.0206. The lowest BCUT2D eigenvalue weighted by Gasteiger charge is -2.01. The average molecular weight is 229 g/mol. The topological polar surface area (TPSA) is 86.8 Å². The van der Waals surface area contributed by atoms with Gasteiger partial charge in [0.2, 0.25) is 5.71 Å². The summed E-state index contributed by atoms with van der Waals surface area (Å²) in [4.78, 5) is 19.9. The van der Waals surface area contributed by atoms with E-state index in [1.165, 1.54) is 18.4 Å². The van der Waals surface area contributed by atoms with E-state index in [9.17, 15) is 4.79 Å². The van der Waals surface area contributed by atoms with Crippen molar-refractivity contribution in [3.63, 3.8) is 0 Å². The normalized spacial score (nSPS) is 11.2. The fraction of sp³-hybridized carbons (Fsp3) is 0.375. The Kier molecular flexibility index (Phi) is 4.04. The van der Waals surface area contributed by atoms with Crippen molar-refractivity contribution in [1.82, 2.24) is 4.98 Å². The molecule has 0 bridgehead atoms. The molecule has 82 valence electrons. The van der Waals surface area contributed by atoms with Crippen molar-refractivity contribution in [3.8, 4) is 0 Å². The summed E-state index contributed by atoms with van der Waals surface area (Å²) in [6.07, 6.45) is 0. The summed E-state index contributed by atoms with van der Waals surface area (Å²) in [5, 5.41) is 5.53. The van der Waals surface area contributed by atoms with Gasteiger partial charge in [-0.2, -0.15) is 0 Å². The zero-order valence-electron chi connectivity index (χ0n) is 8.39. The quantitative estimate of drug-likeness (QED) is 0.465. The van der Waals surface area contributed by atoms with Crippen LogP contribution in [0.2, 0.25) is 0 Å². The molecule has 2 N–H and O–H groups in total. The van der Waals surface area contributed by atoms with Crippen molar-refractivity contribution in [2.45, 2.75) is 6.92 Å². The second-order valence-corrected chi connectivity index (χ2v) is 3.30. The van der Waals surface area contributed by atoms with Gasteiger partial charge in [-0.05, 0) is 6.92 Å². The molecule has 6 nitrogen and oxygen atoms in total. The third-order valence-electron chi connectivity index (χ3n) is 1.42. The fourth-order valence-electron chi connectivity index (χ4n) is 0.876. The van der Waals surface area contributed by atoms with Crippen molar-refractivity contribution in [2.75, 3.05) is 19.5 Å². The van der Waals surface area contributed by atoms with Crippen LogP contribution in [0.25, 0.3) is 0 Å². The number of nitrogens with zero attached hydrogens (tertiary/aromatic N) is 2. The lowest BCUT2D eigenvalue weighted by atomic mass is 10.3. The Morgan fingerprint density at radius 2 is 2.47 bits per heavy atom. The molecule has 0 unspecified atom stereocenters.